The van der Waals surface area contributed by atoms with E-state index in [0.29, 0.717) is 33.8 Å². The van der Waals surface area contributed by atoms with E-state index in [0.717, 1.165) is 42.5 Å². The lowest BCUT2D eigenvalue weighted by molar-refractivity contribution is -0.119. The third-order valence-electron chi connectivity index (χ3n) is 5.40. The van der Waals surface area contributed by atoms with Crippen LogP contribution in [0.3, 0.4) is 0 Å². The maximum absolute atomic E-state index is 12.5. The van der Waals surface area contributed by atoms with E-state index in [4.69, 9.17) is 9.47 Å². The van der Waals surface area contributed by atoms with Crippen molar-refractivity contribution in [2.75, 3.05) is 19.0 Å². The SMILES string of the molecule is CCc1[nH]c(C(=O)OCC(=O)Nc2sc3c(c2C#N)CCCCC3)c(C)c1C(=O)OC. The average molecular weight is 444 g/mol. The van der Waals surface area contributed by atoms with Gasteiger partial charge in [0.1, 0.15) is 16.8 Å². The number of fused-ring (bicyclic) bond motifs is 1. The summed E-state index contributed by atoms with van der Waals surface area (Å²) in [6, 6.07) is 2.21. The zero-order valence-electron chi connectivity index (χ0n) is 17.8. The molecule has 2 heterocycles. The quantitative estimate of drug-likeness (QED) is 0.519. The summed E-state index contributed by atoms with van der Waals surface area (Å²) in [7, 11) is 1.27. The van der Waals surface area contributed by atoms with Crippen LogP contribution in [0.25, 0.3) is 0 Å². The molecule has 2 N–H and O–H groups in total. The van der Waals surface area contributed by atoms with Gasteiger partial charge < -0.3 is 19.8 Å². The highest BCUT2D eigenvalue weighted by Crippen LogP contribution is 2.36. The van der Waals surface area contributed by atoms with Crippen molar-refractivity contribution < 1.29 is 23.9 Å². The minimum Gasteiger partial charge on any atom is -0.465 e. The lowest BCUT2D eigenvalue weighted by Crippen LogP contribution is -2.21. The van der Waals surface area contributed by atoms with Crippen LogP contribution in [0.4, 0.5) is 5.00 Å². The number of aromatic amines is 1. The number of nitrogens with one attached hydrogen (secondary N) is 2. The van der Waals surface area contributed by atoms with Gasteiger partial charge in [-0.3, -0.25) is 4.79 Å². The fraction of sp³-hybridized carbons (Fsp3) is 0.455. The molecule has 0 spiro atoms. The topological polar surface area (TPSA) is 121 Å². The van der Waals surface area contributed by atoms with Crippen LogP contribution < -0.4 is 5.32 Å². The van der Waals surface area contributed by atoms with Crippen molar-refractivity contribution in [2.24, 2.45) is 0 Å². The second kappa shape index (κ2) is 9.79. The molecule has 3 rings (SSSR count). The number of carbonyl (C=O) groups excluding carboxylic acids is 3. The fourth-order valence-electron chi connectivity index (χ4n) is 3.82. The van der Waals surface area contributed by atoms with Gasteiger partial charge in [-0.05, 0) is 50.2 Å². The second-order valence-corrected chi connectivity index (χ2v) is 8.43. The summed E-state index contributed by atoms with van der Waals surface area (Å²) in [5.41, 5.74) is 2.95. The Labute approximate surface area is 184 Å². The molecule has 0 aromatic carbocycles. The predicted molar refractivity (Wildman–Crippen MR) is 115 cm³/mol. The number of aryl methyl sites for hydroxylation is 2. The van der Waals surface area contributed by atoms with E-state index in [-0.39, 0.29) is 5.69 Å². The average Bonchev–Trinajstić information content (AvgIpc) is 3.17. The minimum atomic E-state index is -0.736. The maximum atomic E-state index is 12.5. The summed E-state index contributed by atoms with van der Waals surface area (Å²) in [6.07, 6.45) is 5.50. The van der Waals surface area contributed by atoms with Crippen molar-refractivity contribution >= 4 is 34.2 Å². The van der Waals surface area contributed by atoms with E-state index in [9.17, 15) is 19.6 Å². The van der Waals surface area contributed by atoms with E-state index in [2.05, 4.69) is 16.4 Å². The van der Waals surface area contributed by atoms with Crippen LogP contribution >= 0.6 is 11.3 Å². The Morgan fingerprint density at radius 3 is 2.61 bits per heavy atom. The largest absolute Gasteiger partial charge is 0.465 e. The number of ether oxygens (including phenoxy) is 2. The predicted octanol–water partition coefficient (Wildman–Crippen LogP) is 3.67. The van der Waals surface area contributed by atoms with Crippen LogP contribution in [0.15, 0.2) is 0 Å². The number of methoxy groups -OCH3 is 1. The highest BCUT2D eigenvalue weighted by molar-refractivity contribution is 7.16. The molecule has 1 aliphatic rings. The highest BCUT2D eigenvalue weighted by atomic mass is 32.1. The number of nitriles is 1. The van der Waals surface area contributed by atoms with Crippen LogP contribution in [0.5, 0.6) is 0 Å². The van der Waals surface area contributed by atoms with Gasteiger partial charge in [0.15, 0.2) is 6.61 Å². The van der Waals surface area contributed by atoms with Crippen LogP contribution in [-0.2, 0) is 33.5 Å². The van der Waals surface area contributed by atoms with E-state index in [1.165, 1.54) is 18.4 Å². The number of rotatable bonds is 6. The number of thiophene rings is 1. The van der Waals surface area contributed by atoms with Crippen molar-refractivity contribution in [1.82, 2.24) is 4.98 Å². The molecule has 9 heteroatoms. The molecule has 164 valence electrons. The number of hydrogen-bond donors (Lipinski definition) is 2. The first-order valence-corrected chi connectivity index (χ1v) is 11.0. The molecule has 0 fully saturated rings. The molecule has 0 atom stereocenters. The van der Waals surface area contributed by atoms with E-state index in [1.807, 2.05) is 6.92 Å². The van der Waals surface area contributed by atoms with Crippen molar-refractivity contribution in [3.63, 3.8) is 0 Å². The van der Waals surface area contributed by atoms with Gasteiger partial charge in [0.05, 0.1) is 18.2 Å². The molecule has 0 aliphatic heterocycles. The van der Waals surface area contributed by atoms with Gasteiger partial charge in [0, 0.05) is 10.6 Å². The first-order chi connectivity index (χ1) is 14.9. The van der Waals surface area contributed by atoms with Crippen LogP contribution in [0.1, 0.15) is 74.3 Å². The third-order valence-corrected chi connectivity index (χ3v) is 6.60. The van der Waals surface area contributed by atoms with Crippen molar-refractivity contribution in [1.29, 1.82) is 5.26 Å². The van der Waals surface area contributed by atoms with Gasteiger partial charge >= 0.3 is 11.9 Å². The van der Waals surface area contributed by atoms with E-state index in [1.54, 1.807) is 6.92 Å². The van der Waals surface area contributed by atoms with Gasteiger partial charge in [-0.25, -0.2) is 9.59 Å². The summed E-state index contributed by atoms with van der Waals surface area (Å²) in [6.45, 7) is 2.96. The van der Waals surface area contributed by atoms with E-state index >= 15 is 0 Å². The van der Waals surface area contributed by atoms with Crippen LogP contribution in [0, 0.1) is 18.3 Å². The van der Waals surface area contributed by atoms with Crippen LogP contribution in [-0.4, -0.2) is 36.5 Å². The summed E-state index contributed by atoms with van der Waals surface area (Å²) in [4.78, 5) is 40.9. The van der Waals surface area contributed by atoms with Gasteiger partial charge in [0.2, 0.25) is 0 Å². The monoisotopic (exact) mass is 443 g/mol. The first kappa shape index (κ1) is 22.6. The van der Waals surface area contributed by atoms with Crippen molar-refractivity contribution in [3.05, 3.63) is 38.5 Å². The molecular formula is C22H25N3O5S. The summed E-state index contributed by atoms with van der Waals surface area (Å²) in [5.74, 6) is -1.79. The number of anilines is 1. The standard InChI is InChI=1S/C22H25N3O5S/c1-4-15-18(21(27)29-3)12(2)19(24-15)22(28)30-11-17(26)25-20-14(10-23)13-8-6-5-7-9-16(13)31-20/h24H,4-9,11H2,1-3H3,(H,25,26). The second-order valence-electron chi connectivity index (χ2n) is 7.33. The first-order valence-electron chi connectivity index (χ1n) is 10.2. The smallest absolute Gasteiger partial charge is 0.355 e. The Morgan fingerprint density at radius 1 is 1.19 bits per heavy atom. The maximum Gasteiger partial charge on any atom is 0.355 e. The summed E-state index contributed by atoms with van der Waals surface area (Å²) in [5, 5.41) is 12.8. The molecule has 1 aliphatic carbocycles. The van der Waals surface area contributed by atoms with Crippen molar-refractivity contribution in [3.8, 4) is 6.07 Å². The number of hydrogen-bond acceptors (Lipinski definition) is 7. The number of esters is 2. The molecule has 0 bridgehead atoms. The fourth-order valence-corrected chi connectivity index (χ4v) is 5.08. The Bertz CT molecular complexity index is 1060. The zero-order valence-corrected chi connectivity index (χ0v) is 18.7. The normalized spacial score (nSPS) is 13.0. The molecule has 31 heavy (non-hydrogen) atoms. The molecule has 0 saturated heterocycles. The molecule has 0 radical (unpaired) electrons. The summed E-state index contributed by atoms with van der Waals surface area (Å²) < 4.78 is 9.93. The van der Waals surface area contributed by atoms with Gasteiger partial charge in [-0.1, -0.05) is 13.3 Å². The number of H-pyrrole nitrogens is 1. The Kier molecular flexibility index (Phi) is 7.13. The van der Waals surface area contributed by atoms with E-state index < -0.39 is 24.5 Å². The molecule has 0 unspecified atom stereocenters. The Morgan fingerprint density at radius 2 is 1.94 bits per heavy atom. The molecule has 0 saturated carbocycles. The number of amides is 1. The number of aromatic nitrogens is 1. The summed E-state index contributed by atoms with van der Waals surface area (Å²) >= 11 is 1.42. The Balaban J connectivity index is 1.68. The number of nitrogens with zero attached hydrogens (tertiary/aromatic N) is 1. The molecule has 2 aromatic heterocycles. The van der Waals surface area contributed by atoms with Crippen LogP contribution in [0.2, 0.25) is 0 Å². The lowest BCUT2D eigenvalue weighted by Gasteiger charge is -2.06. The molecular weight excluding hydrogens is 418 g/mol. The minimum absolute atomic E-state index is 0.116. The molecule has 8 nitrogen and oxygen atoms in total. The van der Waals surface area contributed by atoms with Gasteiger partial charge in [-0.15, -0.1) is 11.3 Å². The van der Waals surface area contributed by atoms with Gasteiger partial charge in [-0.2, -0.15) is 5.26 Å². The zero-order chi connectivity index (χ0) is 22.5. The molecule has 1 amide bonds. The Hall–Kier alpha value is -3.12. The highest BCUT2D eigenvalue weighted by Gasteiger charge is 2.25. The number of carbonyl (C=O) groups is 3. The lowest BCUT2D eigenvalue weighted by atomic mass is 10.1. The molecule has 2 aromatic rings. The third kappa shape index (κ3) is 4.64. The van der Waals surface area contributed by atoms with Gasteiger partial charge in [0.25, 0.3) is 5.91 Å². The van der Waals surface area contributed by atoms with Crippen molar-refractivity contribution in [2.45, 2.75) is 52.4 Å².